The van der Waals surface area contributed by atoms with Crippen molar-refractivity contribution in [2.24, 2.45) is 0 Å². The predicted octanol–water partition coefficient (Wildman–Crippen LogP) is 3.56. The first-order chi connectivity index (χ1) is 11.9. The van der Waals surface area contributed by atoms with Crippen molar-refractivity contribution >= 4 is 23.2 Å². The number of carbonyl (C=O) groups is 2. The molecule has 1 N–H and O–H groups in total. The van der Waals surface area contributed by atoms with Crippen LogP contribution in [0.3, 0.4) is 0 Å². The summed E-state index contributed by atoms with van der Waals surface area (Å²) in [6.07, 6.45) is 0.145. The third kappa shape index (κ3) is 4.92. The van der Waals surface area contributed by atoms with E-state index in [1.807, 2.05) is 32.0 Å². The molecule has 0 aliphatic carbocycles. The minimum absolute atomic E-state index is 0.145. The van der Waals surface area contributed by atoms with Crippen LogP contribution in [-0.2, 0) is 9.59 Å². The first kappa shape index (κ1) is 18.2. The van der Waals surface area contributed by atoms with Gasteiger partial charge in [0.05, 0.1) is 11.3 Å². The van der Waals surface area contributed by atoms with Crippen molar-refractivity contribution in [3.05, 3.63) is 59.2 Å². The number of rotatable bonds is 5. The van der Waals surface area contributed by atoms with Gasteiger partial charge in [-0.25, -0.2) is 0 Å². The lowest BCUT2D eigenvalue weighted by atomic mass is 10.1. The fourth-order valence-electron chi connectivity index (χ4n) is 2.73. The molecule has 0 heterocycles. The van der Waals surface area contributed by atoms with E-state index in [1.165, 1.54) is 11.8 Å². The minimum Gasteiger partial charge on any atom is -0.326 e. The van der Waals surface area contributed by atoms with Gasteiger partial charge >= 0.3 is 0 Å². The molecule has 0 spiro atoms. The molecule has 2 rings (SSSR count). The Balaban J connectivity index is 2.07. The molecular formula is C20H21N3O2. The summed E-state index contributed by atoms with van der Waals surface area (Å²) in [5.74, 6) is -0.382. The number of aryl methyl sites for hydroxylation is 2. The number of nitrogens with zero attached hydrogens (tertiary/aromatic N) is 2. The first-order valence-corrected chi connectivity index (χ1v) is 8.06. The molecule has 25 heavy (non-hydrogen) atoms. The monoisotopic (exact) mass is 335 g/mol. The number of nitriles is 1. The first-order valence-electron chi connectivity index (χ1n) is 8.06. The van der Waals surface area contributed by atoms with Gasteiger partial charge in [0.1, 0.15) is 6.07 Å². The molecule has 5 heteroatoms. The highest BCUT2D eigenvalue weighted by atomic mass is 16.2. The van der Waals surface area contributed by atoms with Crippen molar-refractivity contribution < 1.29 is 9.59 Å². The van der Waals surface area contributed by atoms with Crippen LogP contribution in [0.5, 0.6) is 0 Å². The highest BCUT2D eigenvalue weighted by Gasteiger charge is 2.16. The smallest absolute Gasteiger partial charge is 0.226 e. The molecule has 0 aliphatic heterocycles. The van der Waals surface area contributed by atoms with Crippen LogP contribution in [0.2, 0.25) is 0 Å². The third-order valence-corrected chi connectivity index (χ3v) is 3.76. The van der Waals surface area contributed by atoms with E-state index >= 15 is 0 Å². The maximum absolute atomic E-state index is 12.2. The molecular weight excluding hydrogens is 314 g/mol. The average Bonchev–Trinajstić information content (AvgIpc) is 2.54. The van der Waals surface area contributed by atoms with Gasteiger partial charge in [-0.15, -0.1) is 0 Å². The van der Waals surface area contributed by atoms with Gasteiger partial charge in [0.15, 0.2) is 0 Å². The highest BCUT2D eigenvalue weighted by Crippen LogP contribution is 2.20. The number of hydrogen-bond donors (Lipinski definition) is 1. The number of anilines is 2. The van der Waals surface area contributed by atoms with E-state index in [-0.39, 0.29) is 24.8 Å². The summed E-state index contributed by atoms with van der Waals surface area (Å²) in [6.45, 7) is 5.58. The van der Waals surface area contributed by atoms with Crippen molar-refractivity contribution in [2.45, 2.75) is 27.2 Å². The van der Waals surface area contributed by atoms with Gasteiger partial charge in [0.2, 0.25) is 11.8 Å². The summed E-state index contributed by atoms with van der Waals surface area (Å²) in [5.41, 5.74) is 3.82. The van der Waals surface area contributed by atoms with Gasteiger partial charge in [-0.1, -0.05) is 18.2 Å². The molecule has 128 valence electrons. The molecule has 0 aliphatic rings. The lowest BCUT2D eigenvalue weighted by molar-refractivity contribution is -0.117. The summed E-state index contributed by atoms with van der Waals surface area (Å²) < 4.78 is 0. The summed E-state index contributed by atoms with van der Waals surface area (Å²) in [6, 6.07) is 14.8. The lowest BCUT2D eigenvalue weighted by Crippen LogP contribution is -2.32. The molecule has 0 radical (unpaired) electrons. The molecule has 2 amide bonds. The van der Waals surface area contributed by atoms with Crippen LogP contribution in [0.4, 0.5) is 11.4 Å². The number of nitrogens with one attached hydrogen (secondary N) is 1. The molecule has 2 aromatic carbocycles. The van der Waals surface area contributed by atoms with Crippen LogP contribution in [-0.4, -0.2) is 18.4 Å². The third-order valence-electron chi connectivity index (χ3n) is 3.76. The van der Waals surface area contributed by atoms with Gasteiger partial charge in [-0.3, -0.25) is 9.59 Å². The van der Waals surface area contributed by atoms with Crippen molar-refractivity contribution in [2.75, 3.05) is 16.8 Å². The predicted molar refractivity (Wildman–Crippen MR) is 98.3 cm³/mol. The molecule has 0 bridgehead atoms. The Morgan fingerprint density at radius 2 is 1.76 bits per heavy atom. The Bertz CT molecular complexity index is 817. The summed E-state index contributed by atoms with van der Waals surface area (Å²) in [5, 5.41) is 12.1. The maximum Gasteiger partial charge on any atom is 0.226 e. The zero-order valence-corrected chi connectivity index (χ0v) is 14.7. The summed E-state index contributed by atoms with van der Waals surface area (Å²) in [7, 11) is 0. The number of hydrogen-bond acceptors (Lipinski definition) is 3. The number of benzene rings is 2. The number of amides is 2. The molecule has 0 saturated carbocycles. The Kier molecular flexibility index (Phi) is 5.91. The van der Waals surface area contributed by atoms with Crippen molar-refractivity contribution in [3.8, 4) is 6.07 Å². The Morgan fingerprint density at radius 3 is 2.36 bits per heavy atom. The SMILES string of the molecule is CC(=O)N(CCC(=O)Nc1cc(C)cc(C)c1)c1ccccc1C#N. The van der Waals surface area contributed by atoms with E-state index in [1.54, 1.807) is 24.3 Å². The molecule has 0 atom stereocenters. The number of carbonyl (C=O) groups excluding carboxylic acids is 2. The maximum atomic E-state index is 12.2. The standard InChI is InChI=1S/C20H21N3O2/c1-14-10-15(2)12-18(11-14)22-20(25)8-9-23(16(3)24)19-7-5-4-6-17(19)13-21/h4-7,10-12H,8-9H2,1-3H3,(H,22,25). The second-order valence-electron chi connectivity index (χ2n) is 5.97. The van der Waals surface area contributed by atoms with Gasteiger partial charge in [0.25, 0.3) is 0 Å². The van der Waals surface area contributed by atoms with Crippen LogP contribution in [0, 0.1) is 25.2 Å². The Morgan fingerprint density at radius 1 is 1.12 bits per heavy atom. The molecule has 2 aromatic rings. The zero-order chi connectivity index (χ0) is 18.4. The van der Waals surface area contributed by atoms with E-state index in [2.05, 4.69) is 11.4 Å². The molecule has 5 nitrogen and oxygen atoms in total. The van der Waals surface area contributed by atoms with Gasteiger partial charge in [-0.2, -0.15) is 5.26 Å². The fraction of sp³-hybridized carbons (Fsp3) is 0.250. The highest BCUT2D eigenvalue weighted by molar-refractivity contribution is 5.95. The van der Waals surface area contributed by atoms with Crippen LogP contribution < -0.4 is 10.2 Å². The van der Waals surface area contributed by atoms with E-state index in [0.717, 1.165) is 16.8 Å². The number of para-hydroxylation sites is 1. The largest absolute Gasteiger partial charge is 0.326 e. The minimum atomic E-state index is -0.207. The Hall–Kier alpha value is -3.13. The van der Waals surface area contributed by atoms with Gasteiger partial charge in [0, 0.05) is 25.6 Å². The van der Waals surface area contributed by atoms with E-state index in [4.69, 9.17) is 0 Å². The van der Waals surface area contributed by atoms with Crippen LogP contribution in [0.25, 0.3) is 0 Å². The lowest BCUT2D eigenvalue weighted by Gasteiger charge is -2.22. The van der Waals surface area contributed by atoms with Crippen molar-refractivity contribution in [3.63, 3.8) is 0 Å². The Labute approximate surface area is 147 Å². The summed E-state index contributed by atoms with van der Waals surface area (Å²) >= 11 is 0. The van der Waals surface area contributed by atoms with Gasteiger partial charge < -0.3 is 10.2 Å². The van der Waals surface area contributed by atoms with E-state index in [0.29, 0.717) is 11.3 Å². The second kappa shape index (κ2) is 8.11. The normalized spacial score (nSPS) is 10.0. The van der Waals surface area contributed by atoms with Crippen LogP contribution >= 0.6 is 0 Å². The van der Waals surface area contributed by atoms with E-state index in [9.17, 15) is 14.9 Å². The molecule has 0 saturated heterocycles. The second-order valence-corrected chi connectivity index (χ2v) is 5.97. The fourth-order valence-corrected chi connectivity index (χ4v) is 2.73. The van der Waals surface area contributed by atoms with E-state index < -0.39 is 0 Å². The van der Waals surface area contributed by atoms with Crippen LogP contribution in [0.1, 0.15) is 30.0 Å². The van der Waals surface area contributed by atoms with Crippen molar-refractivity contribution in [1.82, 2.24) is 0 Å². The zero-order valence-electron chi connectivity index (χ0n) is 14.7. The van der Waals surface area contributed by atoms with Gasteiger partial charge in [-0.05, 0) is 49.2 Å². The topological polar surface area (TPSA) is 73.2 Å². The van der Waals surface area contributed by atoms with Crippen LogP contribution in [0.15, 0.2) is 42.5 Å². The average molecular weight is 335 g/mol. The molecule has 0 fully saturated rings. The molecule has 0 unspecified atom stereocenters. The quantitative estimate of drug-likeness (QED) is 0.908. The van der Waals surface area contributed by atoms with Crippen molar-refractivity contribution in [1.29, 1.82) is 5.26 Å². The molecule has 0 aromatic heterocycles. The summed E-state index contributed by atoms with van der Waals surface area (Å²) in [4.78, 5) is 25.6.